The van der Waals surface area contributed by atoms with Gasteiger partial charge in [-0.2, -0.15) is 0 Å². The van der Waals surface area contributed by atoms with Crippen LogP contribution in [-0.4, -0.2) is 68.7 Å². The number of benzene rings is 1. The van der Waals surface area contributed by atoms with Crippen molar-refractivity contribution in [2.45, 2.75) is 38.1 Å². The average molecular weight is 504 g/mol. The first-order valence-corrected chi connectivity index (χ1v) is 13.1. The third kappa shape index (κ3) is 6.99. The first-order chi connectivity index (χ1) is 16.6. The molecule has 3 rings (SSSR count). The normalized spacial score (nSPS) is 16.7. The van der Waals surface area contributed by atoms with E-state index < -0.39 is 46.1 Å². The Morgan fingerprint density at radius 1 is 1.17 bits per heavy atom. The van der Waals surface area contributed by atoms with Gasteiger partial charge in [0.2, 0.25) is 5.91 Å². The van der Waals surface area contributed by atoms with Gasteiger partial charge in [-0.05, 0) is 38.6 Å². The first kappa shape index (κ1) is 26.1. The second-order valence-corrected chi connectivity index (χ2v) is 10.5. The van der Waals surface area contributed by atoms with Crippen molar-refractivity contribution in [2.24, 2.45) is 0 Å². The lowest BCUT2D eigenvalue weighted by Gasteiger charge is -2.29. The maximum absolute atomic E-state index is 13.7. The third-order valence-electron chi connectivity index (χ3n) is 5.50. The minimum atomic E-state index is -3.41. The molecule has 1 aliphatic heterocycles. The second-order valence-electron chi connectivity index (χ2n) is 8.24. The summed E-state index contributed by atoms with van der Waals surface area (Å²) in [6, 6.07) is 10.4. The van der Waals surface area contributed by atoms with Crippen LogP contribution in [-0.2, 0) is 30.6 Å². The van der Waals surface area contributed by atoms with E-state index in [-0.39, 0.29) is 24.4 Å². The Bertz CT molecular complexity index is 1170. The number of carbonyl (C=O) groups is 3. The number of carbonyl (C=O) groups excluding carboxylic acids is 3. The molecule has 3 amide bonds. The molecule has 0 spiro atoms. The molecule has 0 aliphatic carbocycles. The molecule has 2 aromatic rings. The van der Waals surface area contributed by atoms with Gasteiger partial charge in [-0.3, -0.25) is 19.8 Å². The molecule has 3 atom stereocenters. The van der Waals surface area contributed by atoms with Crippen LogP contribution in [0.15, 0.2) is 48.7 Å². The van der Waals surface area contributed by atoms with Gasteiger partial charge >= 0.3 is 6.09 Å². The molecule has 3 N–H and O–H groups in total. The van der Waals surface area contributed by atoms with Crippen LogP contribution >= 0.6 is 0 Å². The van der Waals surface area contributed by atoms with Gasteiger partial charge in [0, 0.05) is 30.1 Å². The summed E-state index contributed by atoms with van der Waals surface area (Å²) >= 11 is 0. The van der Waals surface area contributed by atoms with Crippen LogP contribution in [0.5, 0.6) is 0 Å². The molecule has 0 fully saturated rings. The number of pyridine rings is 1. The Balaban J connectivity index is 1.86. The summed E-state index contributed by atoms with van der Waals surface area (Å²) in [6.07, 6.45) is 0.790. The van der Waals surface area contributed by atoms with Crippen molar-refractivity contribution in [3.05, 3.63) is 54.2 Å². The predicted octanol–water partition coefficient (Wildman–Crippen LogP) is 1.07. The maximum Gasteiger partial charge on any atom is 0.413 e. The minimum absolute atomic E-state index is 0.151. The lowest BCUT2D eigenvalue weighted by atomic mass is 10.1. The number of likely N-dealkylation sites (N-methyl/N-ethyl adjacent to an activating group) is 1. The quantitative estimate of drug-likeness (QED) is 0.461. The molecular weight excluding hydrogens is 474 g/mol. The monoisotopic (exact) mass is 503 g/mol. The Morgan fingerprint density at radius 2 is 1.89 bits per heavy atom. The van der Waals surface area contributed by atoms with Gasteiger partial charge in [0.15, 0.2) is 6.23 Å². The highest BCUT2D eigenvalue weighted by Crippen LogP contribution is 2.31. The number of nitrogens with zero attached hydrogens (tertiary/aromatic N) is 2. The van der Waals surface area contributed by atoms with Crippen LogP contribution < -0.4 is 20.9 Å². The van der Waals surface area contributed by atoms with Crippen LogP contribution in [0.4, 0.5) is 16.3 Å². The molecule has 0 radical (unpaired) electrons. The smallest absolute Gasteiger partial charge is 0.413 e. The van der Waals surface area contributed by atoms with Gasteiger partial charge in [-0.15, -0.1) is 0 Å². The van der Waals surface area contributed by atoms with Gasteiger partial charge in [0.05, 0.1) is 11.8 Å². The van der Waals surface area contributed by atoms with E-state index in [0.717, 1.165) is 6.26 Å². The van der Waals surface area contributed by atoms with E-state index in [1.165, 1.54) is 11.1 Å². The van der Waals surface area contributed by atoms with Crippen molar-refractivity contribution in [3.63, 3.8) is 0 Å². The molecule has 35 heavy (non-hydrogen) atoms. The van der Waals surface area contributed by atoms with Gasteiger partial charge in [-0.1, -0.05) is 24.3 Å². The van der Waals surface area contributed by atoms with Crippen molar-refractivity contribution in [2.75, 3.05) is 29.3 Å². The number of rotatable bonds is 9. The SMILES string of the molecule is CN[C@@H](C)C(=O)N[C@@H](CCS(C)(=O)=O)C(=O)N1c2ncccc2CC1OC(=O)Nc1ccccc1. The zero-order chi connectivity index (χ0) is 25.6. The van der Waals surface area contributed by atoms with Gasteiger partial charge < -0.3 is 15.4 Å². The van der Waals surface area contributed by atoms with E-state index >= 15 is 0 Å². The van der Waals surface area contributed by atoms with Crippen molar-refractivity contribution < 1.29 is 27.5 Å². The molecular formula is C23H29N5O6S. The second kappa shape index (κ2) is 11.3. The highest BCUT2D eigenvalue weighted by atomic mass is 32.2. The Hall–Kier alpha value is -3.51. The Morgan fingerprint density at radius 3 is 2.54 bits per heavy atom. The van der Waals surface area contributed by atoms with E-state index in [4.69, 9.17) is 4.74 Å². The fourth-order valence-corrected chi connectivity index (χ4v) is 4.20. The number of amides is 3. The third-order valence-corrected chi connectivity index (χ3v) is 6.47. The number of hydrogen-bond donors (Lipinski definition) is 3. The average Bonchev–Trinajstić information content (AvgIpc) is 3.18. The predicted molar refractivity (Wildman–Crippen MR) is 131 cm³/mol. The number of aromatic nitrogens is 1. The summed E-state index contributed by atoms with van der Waals surface area (Å²) in [5.74, 6) is -1.13. The molecule has 1 aromatic heterocycles. The number of fused-ring (bicyclic) bond motifs is 1. The number of para-hydroxylation sites is 1. The molecule has 188 valence electrons. The van der Waals surface area contributed by atoms with Crippen LogP contribution in [0.2, 0.25) is 0 Å². The van der Waals surface area contributed by atoms with Crippen molar-refractivity contribution >= 4 is 39.3 Å². The fraction of sp³-hybridized carbons (Fsp3) is 0.391. The largest absolute Gasteiger partial charge is 0.424 e. The molecule has 1 unspecified atom stereocenters. The molecule has 0 bridgehead atoms. The standard InChI is InChI=1S/C23H29N5O6S/c1-15(24-2)21(29)27-18(11-13-35(3,32)33)22(30)28-19(14-16-8-7-12-25-20(16)28)34-23(31)26-17-9-5-4-6-10-17/h4-10,12,15,18-19,24H,11,13-14H2,1-3H3,(H,26,31)(H,27,29)/t15-,18-,19?/m0/s1. The zero-order valence-corrected chi connectivity index (χ0v) is 20.5. The highest BCUT2D eigenvalue weighted by molar-refractivity contribution is 7.90. The molecule has 1 aromatic carbocycles. The number of ether oxygens (including phenoxy) is 1. The number of hydrogen-bond acceptors (Lipinski definition) is 8. The lowest BCUT2D eigenvalue weighted by molar-refractivity contribution is -0.129. The molecule has 2 heterocycles. The Labute approximate surface area is 204 Å². The summed E-state index contributed by atoms with van der Waals surface area (Å²) < 4.78 is 29.2. The topological polar surface area (TPSA) is 147 Å². The van der Waals surface area contributed by atoms with Crippen LogP contribution in [0, 0.1) is 0 Å². The van der Waals surface area contributed by atoms with Crippen molar-refractivity contribution in [1.82, 2.24) is 15.6 Å². The van der Waals surface area contributed by atoms with Gasteiger partial charge in [-0.25, -0.2) is 18.2 Å². The molecule has 12 heteroatoms. The van der Waals surface area contributed by atoms with E-state index in [1.54, 1.807) is 56.4 Å². The molecule has 1 aliphatic rings. The summed E-state index contributed by atoms with van der Waals surface area (Å²) in [5.41, 5.74) is 1.19. The maximum atomic E-state index is 13.7. The van der Waals surface area contributed by atoms with E-state index in [0.29, 0.717) is 11.3 Å². The molecule has 11 nitrogen and oxygen atoms in total. The van der Waals surface area contributed by atoms with Crippen LogP contribution in [0.3, 0.4) is 0 Å². The van der Waals surface area contributed by atoms with Gasteiger partial charge in [0.25, 0.3) is 5.91 Å². The summed E-state index contributed by atoms with van der Waals surface area (Å²) in [5, 5.41) is 8.01. The summed E-state index contributed by atoms with van der Waals surface area (Å²) in [4.78, 5) is 44.2. The molecule has 0 saturated heterocycles. The van der Waals surface area contributed by atoms with E-state index in [1.807, 2.05) is 0 Å². The van der Waals surface area contributed by atoms with E-state index in [2.05, 4.69) is 20.9 Å². The summed E-state index contributed by atoms with van der Waals surface area (Å²) in [6.45, 7) is 1.61. The van der Waals surface area contributed by atoms with E-state index in [9.17, 15) is 22.8 Å². The number of anilines is 2. The first-order valence-electron chi connectivity index (χ1n) is 11.0. The Kier molecular flexibility index (Phi) is 8.41. The molecule has 0 saturated carbocycles. The zero-order valence-electron chi connectivity index (χ0n) is 19.7. The fourth-order valence-electron chi connectivity index (χ4n) is 3.54. The van der Waals surface area contributed by atoms with Crippen molar-refractivity contribution in [3.8, 4) is 0 Å². The van der Waals surface area contributed by atoms with Gasteiger partial charge in [0.1, 0.15) is 21.7 Å². The number of sulfone groups is 1. The summed E-state index contributed by atoms with van der Waals surface area (Å²) in [7, 11) is -1.82. The van der Waals surface area contributed by atoms with Crippen LogP contribution in [0.1, 0.15) is 18.9 Å². The lowest BCUT2D eigenvalue weighted by Crippen LogP contribution is -2.55. The highest BCUT2D eigenvalue weighted by Gasteiger charge is 2.41. The number of nitrogens with one attached hydrogen (secondary N) is 3. The minimum Gasteiger partial charge on any atom is -0.424 e. The van der Waals surface area contributed by atoms with Crippen molar-refractivity contribution in [1.29, 1.82) is 0 Å². The van der Waals surface area contributed by atoms with Crippen LogP contribution in [0.25, 0.3) is 0 Å².